The number of aromatic nitrogens is 2. The van der Waals surface area contributed by atoms with Crippen LogP contribution in [-0.4, -0.2) is 16.4 Å². The topological polar surface area (TPSA) is 39.1 Å². The number of benzene rings is 1. The van der Waals surface area contributed by atoms with Gasteiger partial charge in [-0.1, -0.05) is 19.1 Å². The molecule has 2 aromatic rings. The van der Waals surface area contributed by atoms with E-state index in [1.165, 1.54) is 5.56 Å². The third-order valence-electron chi connectivity index (χ3n) is 2.93. The molecule has 0 amide bonds. The van der Waals surface area contributed by atoms with E-state index in [1.807, 2.05) is 37.0 Å². The molecule has 0 saturated carbocycles. The molecule has 4 nitrogen and oxygen atoms in total. The van der Waals surface area contributed by atoms with Crippen molar-refractivity contribution in [3.05, 3.63) is 41.7 Å². The van der Waals surface area contributed by atoms with Crippen molar-refractivity contribution < 1.29 is 4.74 Å². The Morgan fingerprint density at radius 1 is 1.32 bits per heavy atom. The van der Waals surface area contributed by atoms with Gasteiger partial charge in [0.1, 0.15) is 5.75 Å². The number of hydrogen-bond acceptors (Lipinski definition) is 3. The van der Waals surface area contributed by atoms with Gasteiger partial charge in [-0.2, -0.15) is 5.10 Å². The Hall–Kier alpha value is -1.97. The lowest BCUT2D eigenvalue weighted by Gasteiger charge is -2.08. The van der Waals surface area contributed by atoms with E-state index in [2.05, 4.69) is 29.5 Å². The van der Waals surface area contributed by atoms with E-state index in [0.717, 1.165) is 30.1 Å². The Kier molecular flexibility index (Phi) is 4.44. The third-order valence-corrected chi connectivity index (χ3v) is 2.93. The van der Waals surface area contributed by atoms with Gasteiger partial charge in [-0.3, -0.25) is 4.68 Å². The Morgan fingerprint density at radius 3 is 2.89 bits per heavy atom. The highest BCUT2D eigenvalue weighted by molar-refractivity contribution is 5.47. The second-order valence-corrected chi connectivity index (χ2v) is 4.45. The molecule has 0 aliphatic carbocycles. The van der Waals surface area contributed by atoms with Crippen molar-refractivity contribution in [1.29, 1.82) is 0 Å². The quantitative estimate of drug-likeness (QED) is 0.866. The van der Waals surface area contributed by atoms with Crippen LogP contribution in [0.1, 0.15) is 25.1 Å². The molecule has 2 rings (SSSR count). The zero-order valence-corrected chi connectivity index (χ0v) is 11.8. The van der Waals surface area contributed by atoms with Gasteiger partial charge in [-0.05, 0) is 31.0 Å². The second kappa shape index (κ2) is 6.27. The van der Waals surface area contributed by atoms with Crippen molar-refractivity contribution >= 4 is 5.69 Å². The van der Waals surface area contributed by atoms with E-state index < -0.39 is 0 Å². The van der Waals surface area contributed by atoms with Gasteiger partial charge in [0.25, 0.3) is 0 Å². The van der Waals surface area contributed by atoms with Crippen molar-refractivity contribution in [3.8, 4) is 5.75 Å². The molecule has 0 saturated heterocycles. The molecule has 1 aromatic carbocycles. The second-order valence-electron chi connectivity index (χ2n) is 4.45. The van der Waals surface area contributed by atoms with Crippen molar-refractivity contribution in [2.45, 2.75) is 26.8 Å². The molecule has 0 radical (unpaired) electrons. The summed E-state index contributed by atoms with van der Waals surface area (Å²) < 4.78 is 7.35. The van der Waals surface area contributed by atoms with Gasteiger partial charge >= 0.3 is 0 Å². The fraction of sp³-hybridized carbons (Fsp3) is 0.400. The maximum Gasteiger partial charge on any atom is 0.119 e. The Labute approximate surface area is 114 Å². The summed E-state index contributed by atoms with van der Waals surface area (Å²) in [7, 11) is 1.94. The van der Waals surface area contributed by atoms with Crippen LogP contribution in [-0.2, 0) is 20.0 Å². The normalized spacial score (nSPS) is 10.5. The molecule has 0 fully saturated rings. The number of nitrogens with zero attached hydrogens (tertiary/aromatic N) is 2. The van der Waals surface area contributed by atoms with Crippen LogP contribution in [0.25, 0.3) is 0 Å². The van der Waals surface area contributed by atoms with Gasteiger partial charge in [-0.15, -0.1) is 0 Å². The third kappa shape index (κ3) is 3.50. The van der Waals surface area contributed by atoms with Crippen LogP contribution in [0.5, 0.6) is 5.75 Å². The summed E-state index contributed by atoms with van der Waals surface area (Å²) >= 11 is 0. The maximum atomic E-state index is 5.50. The van der Waals surface area contributed by atoms with Gasteiger partial charge in [0, 0.05) is 19.8 Å². The molecule has 0 atom stereocenters. The molecule has 1 aromatic heterocycles. The Bertz CT molecular complexity index is 534. The smallest absolute Gasteiger partial charge is 0.119 e. The molecular formula is C15H21N3O. The molecule has 4 heteroatoms. The van der Waals surface area contributed by atoms with E-state index in [1.54, 1.807) is 0 Å². The number of rotatable bonds is 6. The fourth-order valence-electron chi connectivity index (χ4n) is 2.05. The molecule has 0 aliphatic heterocycles. The number of aryl methyl sites for hydroxylation is 2. The number of ether oxygens (including phenoxy) is 1. The molecule has 0 aliphatic rings. The zero-order valence-electron chi connectivity index (χ0n) is 11.8. The van der Waals surface area contributed by atoms with E-state index >= 15 is 0 Å². The molecular weight excluding hydrogens is 238 g/mol. The minimum Gasteiger partial charge on any atom is -0.494 e. The lowest BCUT2D eigenvalue weighted by Crippen LogP contribution is -2.01. The summed E-state index contributed by atoms with van der Waals surface area (Å²) in [6, 6.07) is 8.16. The summed E-state index contributed by atoms with van der Waals surface area (Å²) in [5.74, 6) is 0.920. The summed E-state index contributed by atoms with van der Waals surface area (Å²) in [4.78, 5) is 0. The minimum absolute atomic E-state index is 0.694. The first kappa shape index (κ1) is 13.5. The van der Waals surface area contributed by atoms with Crippen LogP contribution >= 0.6 is 0 Å². The molecule has 19 heavy (non-hydrogen) atoms. The SMILES string of the molecule is CCOc1cccc(CNc2cn(C)nc2CC)c1. The van der Waals surface area contributed by atoms with Crippen molar-refractivity contribution in [2.24, 2.45) is 7.05 Å². The monoisotopic (exact) mass is 259 g/mol. The number of nitrogens with one attached hydrogen (secondary N) is 1. The first-order chi connectivity index (χ1) is 9.22. The van der Waals surface area contributed by atoms with Gasteiger partial charge in [0.2, 0.25) is 0 Å². The average molecular weight is 259 g/mol. The van der Waals surface area contributed by atoms with Crippen molar-refractivity contribution in [3.63, 3.8) is 0 Å². The van der Waals surface area contributed by atoms with Crippen LogP contribution in [0.3, 0.4) is 0 Å². The number of anilines is 1. The van der Waals surface area contributed by atoms with Crippen LogP contribution in [0.4, 0.5) is 5.69 Å². The lowest BCUT2D eigenvalue weighted by atomic mass is 10.2. The average Bonchev–Trinajstić information content (AvgIpc) is 2.78. The highest BCUT2D eigenvalue weighted by Gasteiger charge is 2.05. The van der Waals surface area contributed by atoms with Gasteiger partial charge < -0.3 is 10.1 Å². The van der Waals surface area contributed by atoms with Crippen LogP contribution in [0, 0.1) is 0 Å². The maximum absolute atomic E-state index is 5.50. The Morgan fingerprint density at radius 2 is 2.16 bits per heavy atom. The first-order valence-electron chi connectivity index (χ1n) is 6.71. The number of hydrogen-bond donors (Lipinski definition) is 1. The summed E-state index contributed by atoms with van der Waals surface area (Å²) in [6.07, 6.45) is 2.95. The molecule has 0 unspecified atom stereocenters. The highest BCUT2D eigenvalue weighted by Crippen LogP contribution is 2.17. The fourth-order valence-corrected chi connectivity index (χ4v) is 2.05. The standard InChI is InChI=1S/C15H21N3O/c1-4-14-15(11-18(3)17-14)16-10-12-7-6-8-13(9-12)19-5-2/h6-9,11,16H,4-5,10H2,1-3H3. The first-order valence-corrected chi connectivity index (χ1v) is 6.71. The summed E-state index contributed by atoms with van der Waals surface area (Å²) in [5, 5.41) is 7.85. The van der Waals surface area contributed by atoms with E-state index in [0.29, 0.717) is 6.61 Å². The molecule has 1 heterocycles. The molecule has 0 spiro atoms. The Balaban J connectivity index is 2.03. The van der Waals surface area contributed by atoms with E-state index in [4.69, 9.17) is 4.74 Å². The molecule has 1 N–H and O–H groups in total. The van der Waals surface area contributed by atoms with Crippen LogP contribution in [0.15, 0.2) is 30.5 Å². The largest absolute Gasteiger partial charge is 0.494 e. The molecule has 102 valence electrons. The summed E-state index contributed by atoms with van der Waals surface area (Å²) in [5.41, 5.74) is 3.41. The lowest BCUT2D eigenvalue weighted by molar-refractivity contribution is 0.340. The van der Waals surface area contributed by atoms with E-state index in [9.17, 15) is 0 Å². The predicted molar refractivity (Wildman–Crippen MR) is 77.5 cm³/mol. The van der Waals surface area contributed by atoms with E-state index in [-0.39, 0.29) is 0 Å². The van der Waals surface area contributed by atoms with Crippen molar-refractivity contribution in [2.75, 3.05) is 11.9 Å². The van der Waals surface area contributed by atoms with Crippen LogP contribution < -0.4 is 10.1 Å². The van der Waals surface area contributed by atoms with Gasteiger partial charge in [0.05, 0.1) is 18.0 Å². The van der Waals surface area contributed by atoms with Gasteiger partial charge in [-0.25, -0.2) is 0 Å². The van der Waals surface area contributed by atoms with Gasteiger partial charge in [0.15, 0.2) is 0 Å². The zero-order chi connectivity index (χ0) is 13.7. The predicted octanol–water partition coefficient (Wildman–Crippen LogP) is 2.99. The summed E-state index contributed by atoms with van der Waals surface area (Å²) in [6.45, 7) is 5.58. The minimum atomic E-state index is 0.694. The van der Waals surface area contributed by atoms with Crippen molar-refractivity contribution in [1.82, 2.24) is 9.78 Å². The highest BCUT2D eigenvalue weighted by atomic mass is 16.5. The molecule has 0 bridgehead atoms. The van der Waals surface area contributed by atoms with Crippen LogP contribution in [0.2, 0.25) is 0 Å².